The van der Waals surface area contributed by atoms with Crippen LogP contribution >= 0.6 is 9.03 Å². The molecule has 0 radical (unpaired) electrons. The van der Waals surface area contributed by atoms with E-state index >= 15 is 0 Å². The minimum absolute atomic E-state index is 0.0141. The molecule has 142 valence electrons. The molecule has 0 aliphatic heterocycles. The summed E-state index contributed by atoms with van der Waals surface area (Å²) in [4.78, 5) is 36.4. The second-order valence-corrected chi connectivity index (χ2v) is 7.77. The van der Waals surface area contributed by atoms with Crippen molar-refractivity contribution < 1.29 is 28.1 Å². The van der Waals surface area contributed by atoms with E-state index < -0.39 is 31.5 Å². The van der Waals surface area contributed by atoms with Crippen molar-refractivity contribution in [2.45, 2.75) is 78.9 Å². The minimum Gasteiger partial charge on any atom is -0.551 e. The van der Waals surface area contributed by atoms with Crippen molar-refractivity contribution in [1.29, 1.82) is 0 Å². The number of carbonyl (C=O) groups excluding carboxylic acids is 3. The molecule has 0 aromatic rings. The van der Waals surface area contributed by atoms with Gasteiger partial charge in [-0.1, -0.05) is 34.6 Å². The molecule has 0 bridgehead atoms. The summed E-state index contributed by atoms with van der Waals surface area (Å²) < 4.78 is 16.0. The first-order valence-electron chi connectivity index (χ1n) is 8.68. The number of carbonyl (C=O) groups is 3. The van der Waals surface area contributed by atoms with Gasteiger partial charge in [0.25, 0.3) is 0 Å². The van der Waals surface area contributed by atoms with Crippen molar-refractivity contribution in [1.82, 2.24) is 0 Å². The number of hydrogen-bond acceptors (Lipinski definition) is 6. The highest BCUT2D eigenvalue weighted by atomic mass is 31.1. The van der Waals surface area contributed by atoms with E-state index in [4.69, 9.17) is 9.05 Å². The van der Waals surface area contributed by atoms with E-state index in [1.807, 2.05) is 27.7 Å². The maximum atomic E-state index is 12.8. The average Bonchev–Trinajstić information content (AvgIpc) is 2.60. The molecule has 25 heavy (non-hydrogen) atoms. The van der Waals surface area contributed by atoms with E-state index in [1.165, 1.54) is 8.05 Å². The highest BCUT2D eigenvalue weighted by molar-refractivity contribution is 7.26. The van der Waals surface area contributed by atoms with Gasteiger partial charge < -0.3 is 18.5 Å². The summed E-state index contributed by atoms with van der Waals surface area (Å²) in [6, 6.07) is 0. The van der Waals surface area contributed by atoms with Gasteiger partial charge in [-0.05, 0) is 33.1 Å². The molecule has 0 aromatic carbocycles. The van der Waals surface area contributed by atoms with Gasteiger partial charge in [-0.3, -0.25) is 9.59 Å². The summed E-state index contributed by atoms with van der Waals surface area (Å²) in [6.45, 7) is 12.8. The molecule has 0 aliphatic rings. The van der Waals surface area contributed by atoms with Crippen molar-refractivity contribution >= 4 is 41.7 Å². The lowest BCUT2D eigenvalue weighted by Gasteiger charge is -2.35. The first-order valence-corrected chi connectivity index (χ1v) is 9.50. The van der Waals surface area contributed by atoms with Crippen LogP contribution in [0.5, 0.6) is 0 Å². The Hall–Kier alpha value is -0.710. The number of rotatable bonds is 12. The van der Waals surface area contributed by atoms with E-state index in [2.05, 4.69) is 4.65 Å². The van der Waals surface area contributed by atoms with Gasteiger partial charge in [0.1, 0.15) is 16.9 Å². The predicted octanol–water partition coefficient (Wildman–Crippen LogP) is 2.52. The Morgan fingerprint density at radius 3 is 1.80 bits per heavy atom. The average molecular weight is 372 g/mol. The van der Waals surface area contributed by atoms with Crippen LogP contribution in [0.25, 0.3) is 0 Å². The number of Topliss-reactive ketones (excluding diaryl/α,β-unsaturated/α-hetero) is 1. The zero-order chi connectivity index (χ0) is 19.9. The number of ketones is 1. The normalized spacial score (nSPS) is 16.9. The van der Waals surface area contributed by atoms with Gasteiger partial charge in [-0.25, -0.2) is 0 Å². The zero-order valence-electron chi connectivity index (χ0n) is 16.8. The third kappa shape index (κ3) is 6.50. The molecule has 0 aliphatic carbocycles. The fourth-order valence-electron chi connectivity index (χ4n) is 2.08. The van der Waals surface area contributed by atoms with Gasteiger partial charge >= 0.3 is 15.3 Å². The maximum Gasteiger partial charge on any atom is 0.340 e. The summed E-state index contributed by atoms with van der Waals surface area (Å²) in [5.41, 5.74) is -2.98. The summed E-state index contributed by atoms with van der Waals surface area (Å²) >= 11 is 0. The second kappa shape index (κ2) is 9.84. The van der Waals surface area contributed by atoms with Crippen LogP contribution in [-0.2, 0) is 23.3 Å². The lowest BCUT2D eigenvalue weighted by atomic mass is 9.66. The third-order valence-electron chi connectivity index (χ3n) is 4.98. The molecule has 0 spiro atoms. The zero-order valence-corrected chi connectivity index (χ0v) is 17.8. The van der Waals surface area contributed by atoms with Crippen molar-refractivity contribution in [3.8, 4) is 0 Å². The molecule has 0 heterocycles. The lowest BCUT2D eigenvalue weighted by Crippen LogP contribution is -2.45. The molecule has 3 unspecified atom stereocenters. The molecule has 3 atom stereocenters. The first-order chi connectivity index (χ1) is 11.4. The van der Waals surface area contributed by atoms with Crippen molar-refractivity contribution in [2.24, 2.45) is 5.41 Å². The minimum atomic E-state index is -1.15. The van der Waals surface area contributed by atoms with Crippen LogP contribution in [-0.4, -0.2) is 43.9 Å². The lowest BCUT2D eigenvalue weighted by molar-refractivity contribution is -0.143. The highest BCUT2D eigenvalue weighted by Gasteiger charge is 2.42. The second-order valence-electron chi connectivity index (χ2n) is 7.20. The highest BCUT2D eigenvalue weighted by Crippen LogP contribution is 2.38. The maximum absolute atomic E-state index is 12.8. The van der Waals surface area contributed by atoms with E-state index in [-0.39, 0.29) is 18.7 Å². The Bertz CT molecular complexity index is 499. The molecule has 0 N–H and O–H groups in total. The molecule has 0 saturated heterocycles. The van der Waals surface area contributed by atoms with Gasteiger partial charge in [0.15, 0.2) is 14.8 Å². The van der Waals surface area contributed by atoms with E-state index in [9.17, 15) is 14.4 Å². The van der Waals surface area contributed by atoms with Gasteiger partial charge in [0.05, 0.1) is 0 Å². The predicted molar refractivity (Wildman–Crippen MR) is 104 cm³/mol. The fraction of sp³-hybridized carbons (Fsp3) is 0.812. The Labute approximate surface area is 154 Å². The third-order valence-corrected chi connectivity index (χ3v) is 6.05. The van der Waals surface area contributed by atoms with Gasteiger partial charge in [0.2, 0.25) is 5.87 Å². The van der Waals surface area contributed by atoms with Crippen LogP contribution in [0.1, 0.15) is 67.7 Å². The number of hydrogen-bond donors (Lipinski definition) is 0. The molecule has 9 heteroatoms. The van der Waals surface area contributed by atoms with Crippen LogP contribution in [0, 0.1) is 5.41 Å². The quantitative estimate of drug-likeness (QED) is 0.387. The Kier molecular flexibility index (Phi) is 9.56. The first kappa shape index (κ1) is 24.3. The topological polar surface area (TPSA) is 78.9 Å². The van der Waals surface area contributed by atoms with Crippen LogP contribution in [0.15, 0.2) is 0 Å². The molecule has 6 nitrogen and oxygen atoms in total. The van der Waals surface area contributed by atoms with Crippen LogP contribution in [0.4, 0.5) is 4.79 Å². The smallest absolute Gasteiger partial charge is 0.340 e. The van der Waals surface area contributed by atoms with Crippen LogP contribution in [0.3, 0.4) is 0 Å². The summed E-state index contributed by atoms with van der Waals surface area (Å²) in [7, 11) is 0.404. The standard InChI is InChI=1S/C16H31B2O6P/c1-8-14(4,5)11(19)15(6,9-2)23-25-24-16(7,10-3)12(20)18-13(21)22-17/h18,25H,8-10,17H2,1-7H3. The summed E-state index contributed by atoms with van der Waals surface area (Å²) in [6.07, 6.45) is 1.60. The van der Waals surface area contributed by atoms with Crippen LogP contribution in [0.2, 0.25) is 0 Å². The molecule has 0 fully saturated rings. The van der Waals surface area contributed by atoms with E-state index in [0.29, 0.717) is 19.3 Å². The summed E-state index contributed by atoms with van der Waals surface area (Å²) in [5, 5.41) is 0. The molecule has 0 aromatic heterocycles. The molecule has 0 rings (SSSR count). The monoisotopic (exact) mass is 372 g/mol. The van der Waals surface area contributed by atoms with Crippen molar-refractivity contribution in [2.75, 3.05) is 0 Å². The molecule has 0 amide bonds. The summed E-state index contributed by atoms with van der Waals surface area (Å²) in [5.74, 6) is -0.587. The Balaban J connectivity index is 5.00. The van der Waals surface area contributed by atoms with Gasteiger partial charge in [-0.15, -0.1) is 0 Å². The molecular formula is C16H31B2O6P. The molecular weight excluding hydrogens is 341 g/mol. The van der Waals surface area contributed by atoms with Crippen molar-refractivity contribution in [3.05, 3.63) is 0 Å². The van der Waals surface area contributed by atoms with Crippen molar-refractivity contribution in [3.63, 3.8) is 0 Å². The van der Waals surface area contributed by atoms with Gasteiger partial charge in [-0.2, -0.15) is 0 Å². The molecule has 0 saturated carbocycles. The van der Waals surface area contributed by atoms with E-state index in [0.717, 1.165) is 0 Å². The largest absolute Gasteiger partial charge is 0.551 e. The van der Waals surface area contributed by atoms with E-state index in [1.54, 1.807) is 20.8 Å². The van der Waals surface area contributed by atoms with Crippen LogP contribution < -0.4 is 0 Å². The Morgan fingerprint density at radius 1 is 0.920 bits per heavy atom. The SMILES string of the molecule is BOC(=O)BC(=O)C(C)(CC)OPOC(C)(CC)C(=O)C(C)(C)CC. The van der Waals surface area contributed by atoms with Gasteiger partial charge in [0, 0.05) is 5.41 Å². The fourth-order valence-corrected chi connectivity index (χ4v) is 2.98. The Morgan fingerprint density at radius 2 is 1.40 bits per heavy atom.